The highest BCUT2D eigenvalue weighted by atomic mass is 16.5. The number of urea groups is 1. The third kappa shape index (κ3) is 8.33. The number of carbonyl (C=O) groups excluding carboxylic acids is 4. The zero-order valence-electron chi connectivity index (χ0n) is 17.9. The van der Waals surface area contributed by atoms with Crippen molar-refractivity contribution in [3.05, 3.63) is 35.9 Å². The van der Waals surface area contributed by atoms with E-state index < -0.39 is 41.5 Å². The molecule has 0 aliphatic carbocycles. The van der Waals surface area contributed by atoms with Crippen molar-refractivity contribution in [1.29, 1.82) is 0 Å². The van der Waals surface area contributed by atoms with E-state index in [1.165, 1.54) is 6.92 Å². The lowest BCUT2D eigenvalue weighted by Crippen LogP contribution is -2.52. The van der Waals surface area contributed by atoms with Gasteiger partial charge in [-0.05, 0) is 45.7 Å². The zero-order valence-corrected chi connectivity index (χ0v) is 17.9. The molecule has 0 aromatic heterocycles. The van der Waals surface area contributed by atoms with Gasteiger partial charge in [0, 0.05) is 11.1 Å². The molecule has 0 aliphatic rings. The molecule has 1 rings (SSSR count). The van der Waals surface area contributed by atoms with Crippen molar-refractivity contribution in [2.45, 2.75) is 65.6 Å². The number of esters is 1. The van der Waals surface area contributed by atoms with Gasteiger partial charge in [-0.1, -0.05) is 38.5 Å². The van der Waals surface area contributed by atoms with Crippen LogP contribution in [0, 0.1) is 5.92 Å². The molecule has 160 valence electrons. The summed E-state index contributed by atoms with van der Waals surface area (Å²) in [5, 5.41) is 7.40. The van der Waals surface area contributed by atoms with Crippen molar-refractivity contribution in [3.8, 4) is 0 Å². The minimum absolute atomic E-state index is 0.213. The lowest BCUT2D eigenvalue weighted by atomic mass is 9.98. The average Bonchev–Trinajstić information content (AvgIpc) is 2.64. The van der Waals surface area contributed by atoms with E-state index in [-0.39, 0.29) is 5.92 Å². The molecular formula is C21H31N3O5. The Bertz CT molecular complexity index is 728. The number of imide groups is 1. The monoisotopic (exact) mass is 405 g/mol. The standard InChI is InChI=1S/C21H31N3O5/c1-7-13(2)16(22-18(26)15-11-9-8-10-12-15)19(27)29-14(3)17(25)23-20(28)24-21(4,5)6/h8-14,16H,7H2,1-6H3,(H,22,26)(H2,23,24,25,28)/t13-,14+,16-/m0/s1. The Labute approximate surface area is 171 Å². The fourth-order valence-electron chi connectivity index (χ4n) is 2.37. The molecule has 8 heteroatoms. The SMILES string of the molecule is CC[C@H](C)[C@H](NC(=O)c1ccccc1)C(=O)O[C@H](C)C(=O)NC(=O)NC(C)(C)C. The zero-order chi connectivity index (χ0) is 22.2. The summed E-state index contributed by atoms with van der Waals surface area (Å²) < 4.78 is 5.22. The summed E-state index contributed by atoms with van der Waals surface area (Å²) in [5.74, 6) is -2.11. The molecule has 0 fully saturated rings. The fourth-order valence-corrected chi connectivity index (χ4v) is 2.37. The molecule has 0 saturated carbocycles. The highest BCUT2D eigenvalue weighted by Crippen LogP contribution is 2.12. The first-order valence-electron chi connectivity index (χ1n) is 9.64. The van der Waals surface area contributed by atoms with Crippen molar-refractivity contribution in [3.63, 3.8) is 0 Å². The highest BCUT2D eigenvalue weighted by Gasteiger charge is 2.31. The van der Waals surface area contributed by atoms with E-state index in [0.29, 0.717) is 12.0 Å². The van der Waals surface area contributed by atoms with Crippen molar-refractivity contribution in [1.82, 2.24) is 16.0 Å². The van der Waals surface area contributed by atoms with E-state index in [4.69, 9.17) is 4.74 Å². The molecule has 0 unspecified atom stereocenters. The summed E-state index contributed by atoms with van der Waals surface area (Å²) in [6, 6.07) is 6.90. The first-order chi connectivity index (χ1) is 13.4. The number of benzene rings is 1. The Hall–Kier alpha value is -2.90. The Morgan fingerprint density at radius 3 is 2.14 bits per heavy atom. The van der Waals surface area contributed by atoms with Gasteiger partial charge >= 0.3 is 12.0 Å². The summed E-state index contributed by atoms with van der Waals surface area (Å²) in [5.41, 5.74) is -0.105. The first-order valence-corrected chi connectivity index (χ1v) is 9.64. The van der Waals surface area contributed by atoms with E-state index >= 15 is 0 Å². The van der Waals surface area contributed by atoms with Crippen molar-refractivity contribution in [2.24, 2.45) is 5.92 Å². The van der Waals surface area contributed by atoms with E-state index in [1.807, 2.05) is 6.92 Å². The fraction of sp³-hybridized carbons (Fsp3) is 0.524. The normalized spacial score (nSPS) is 14.1. The number of hydrogen-bond acceptors (Lipinski definition) is 5. The van der Waals surface area contributed by atoms with Crippen molar-refractivity contribution in [2.75, 3.05) is 0 Å². The van der Waals surface area contributed by atoms with Crippen LogP contribution in [0.15, 0.2) is 30.3 Å². The molecule has 3 atom stereocenters. The highest BCUT2D eigenvalue weighted by molar-refractivity contribution is 5.99. The van der Waals surface area contributed by atoms with Gasteiger partial charge in [0.1, 0.15) is 6.04 Å². The van der Waals surface area contributed by atoms with Gasteiger partial charge in [-0.25, -0.2) is 9.59 Å². The maximum absolute atomic E-state index is 12.6. The van der Waals surface area contributed by atoms with Gasteiger partial charge in [-0.15, -0.1) is 0 Å². The molecule has 0 heterocycles. The van der Waals surface area contributed by atoms with Gasteiger partial charge in [-0.3, -0.25) is 14.9 Å². The predicted octanol–water partition coefficient (Wildman–Crippen LogP) is 2.39. The van der Waals surface area contributed by atoms with Crippen molar-refractivity contribution < 1.29 is 23.9 Å². The summed E-state index contributed by atoms with van der Waals surface area (Å²) in [6.07, 6.45) is -0.586. The third-order valence-corrected chi connectivity index (χ3v) is 4.18. The molecule has 29 heavy (non-hydrogen) atoms. The maximum Gasteiger partial charge on any atom is 0.329 e. The number of hydrogen-bond donors (Lipinski definition) is 3. The molecule has 1 aromatic carbocycles. The number of ether oxygens (including phenoxy) is 1. The van der Waals surface area contributed by atoms with Crippen LogP contribution in [0.4, 0.5) is 4.79 Å². The topological polar surface area (TPSA) is 114 Å². The molecule has 4 amide bonds. The van der Waals surface area contributed by atoms with E-state index in [2.05, 4.69) is 16.0 Å². The second kappa shape index (κ2) is 10.6. The molecule has 0 bridgehead atoms. The predicted molar refractivity (Wildman–Crippen MR) is 109 cm³/mol. The minimum Gasteiger partial charge on any atom is -0.451 e. The minimum atomic E-state index is -1.20. The third-order valence-electron chi connectivity index (χ3n) is 4.18. The number of carbonyl (C=O) groups is 4. The summed E-state index contributed by atoms with van der Waals surface area (Å²) >= 11 is 0. The van der Waals surface area contributed by atoms with Crippen LogP contribution in [0.25, 0.3) is 0 Å². The number of amides is 4. The second-order valence-corrected chi connectivity index (χ2v) is 7.98. The van der Waals surface area contributed by atoms with Crippen LogP contribution in [-0.2, 0) is 14.3 Å². The first kappa shape index (κ1) is 24.1. The quantitative estimate of drug-likeness (QED) is 0.603. The largest absolute Gasteiger partial charge is 0.451 e. The number of rotatable bonds is 7. The smallest absolute Gasteiger partial charge is 0.329 e. The lowest BCUT2D eigenvalue weighted by Gasteiger charge is -2.25. The van der Waals surface area contributed by atoms with E-state index in [9.17, 15) is 19.2 Å². The van der Waals surface area contributed by atoms with Gasteiger partial charge in [0.25, 0.3) is 11.8 Å². The Balaban J connectivity index is 2.75. The molecule has 8 nitrogen and oxygen atoms in total. The van der Waals surface area contributed by atoms with Gasteiger partial charge in [0.2, 0.25) is 0 Å². The van der Waals surface area contributed by atoms with Gasteiger partial charge in [0.05, 0.1) is 0 Å². The van der Waals surface area contributed by atoms with Crippen LogP contribution in [0.1, 0.15) is 58.3 Å². The van der Waals surface area contributed by atoms with Crippen LogP contribution < -0.4 is 16.0 Å². The molecule has 1 aromatic rings. The molecule has 0 spiro atoms. The summed E-state index contributed by atoms with van der Waals surface area (Å²) in [4.78, 5) is 49.0. The maximum atomic E-state index is 12.6. The van der Waals surface area contributed by atoms with E-state index in [0.717, 1.165) is 0 Å². The molecular weight excluding hydrogens is 374 g/mol. The summed E-state index contributed by atoms with van der Waals surface area (Å²) in [7, 11) is 0. The van der Waals surface area contributed by atoms with Crippen LogP contribution in [0.2, 0.25) is 0 Å². The summed E-state index contributed by atoms with van der Waals surface area (Å²) in [6.45, 7) is 10.4. The van der Waals surface area contributed by atoms with Crippen LogP contribution >= 0.6 is 0 Å². The van der Waals surface area contributed by atoms with E-state index in [1.54, 1.807) is 58.0 Å². The molecule has 0 aliphatic heterocycles. The molecule has 0 saturated heterocycles. The second-order valence-electron chi connectivity index (χ2n) is 7.98. The van der Waals surface area contributed by atoms with Crippen LogP contribution in [-0.4, -0.2) is 41.5 Å². The van der Waals surface area contributed by atoms with Gasteiger partial charge < -0.3 is 15.4 Å². The average molecular weight is 405 g/mol. The lowest BCUT2D eigenvalue weighted by molar-refractivity contribution is -0.157. The molecule has 0 radical (unpaired) electrons. The van der Waals surface area contributed by atoms with Gasteiger partial charge in [0.15, 0.2) is 6.10 Å². The number of nitrogens with one attached hydrogen (secondary N) is 3. The molecule has 3 N–H and O–H groups in total. The van der Waals surface area contributed by atoms with Crippen molar-refractivity contribution >= 4 is 23.8 Å². The Morgan fingerprint density at radius 1 is 1.03 bits per heavy atom. The van der Waals surface area contributed by atoms with Gasteiger partial charge in [-0.2, -0.15) is 0 Å². The Morgan fingerprint density at radius 2 is 1.62 bits per heavy atom. The van der Waals surface area contributed by atoms with Crippen LogP contribution in [0.3, 0.4) is 0 Å². The van der Waals surface area contributed by atoms with Crippen LogP contribution in [0.5, 0.6) is 0 Å². The Kier molecular flexibility index (Phi) is 8.82.